The van der Waals surface area contributed by atoms with Gasteiger partial charge in [0.2, 0.25) is 15.9 Å². The SMILES string of the molecule is CN(C(=O)CCN(c1ccc(F)cc1)S(C)(=O)=O)C1CCS(=O)(=O)C1. The van der Waals surface area contributed by atoms with Gasteiger partial charge in [-0.3, -0.25) is 9.10 Å². The fourth-order valence-electron chi connectivity index (χ4n) is 2.75. The number of rotatable bonds is 6. The van der Waals surface area contributed by atoms with Crippen LogP contribution >= 0.6 is 0 Å². The summed E-state index contributed by atoms with van der Waals surface area (Å²) in [6.45, 7) is -0.104. The number of carbonyl (C=O) groups excluding carboxylic acids is 1. The van der Waals surface area contributed by atoms with Crippen molar-refractivity contribution in [1.82, 2.24) is 4.90 Å². The molecule has 1 aliphatic heterocycles. The summed E-state index contributed by atoms with van der Waals surface area (Å²) in [5.41, 5.74) is 0.266. The number of sulfone groups is 1. The second-order valence-corrected chi connectivity index (χ2v) is 10.3. The van der Waals surface area contributed by atoms with Crippen molar-refractivity contribution in [3.8, 4) is 0 Å². The van der Waals surface area contributed by atoms with Gasteiger partial charge in [0.25, 0.3) is 0 Å². The Kier molecular flexibility index (Phi) is 5.72. The lowest BCUT2D eigenvalue weighted by atomic mass is 10.2. The highest BCUT2D eigenvalue weighted by Gasteiger charge is 2.32. The maximum atomic E-state index is 13.0. The highest BCUT2D eigenvalue weighted by atomic mass is 32.2. The maximum Gasteiger partial charge on any atom is 0.232 e. The van der Waals surface area contributed by atoms with E-state index in [2.05, 4.69) is 0 Å². The van der Waals surface area contributed by atoms with E-state index in [1.54, 1.807) is 0 Å². The summed E-state index contributed by atoms with van der Waals surface area (Å²) in [5.74, 6) is -0.836. The third kappa shape index (κ3) is 5.15. The largest absolute Gasteiger partial charge is 0.342 e. The summed E-state index contributed by atoms with van der Waals surface area (Å²) in [5, 5.41) is 0. The van der Waals surface area contributed by atoms with Crippen molar-refractivity contribution in [1.29, 1.82) is 0 Å². The average molecular weight is 392 g/mol. The molecule has 0 spiro atoms. The molecule has 140 valence electrons. The molecule has 7 nitrogen and oxygen atoms in total. The second-order valence-electron chi connectivity index (χ2n) is 6.12. The topological polar surface area (TPSA) is 91.8 Å². The molecule has 10 heteroatoms. The first-order valence-corrected chi connectivity index (χ1v) is 11.4. The average Bonchev–Trinajstić information content (AvgIpc) is 2.87. The molecule has 0 bridgehead atoms. The number of hydrogen-bond donors (Lipinski definition) is 0. The molecule has 1 amide bonds. The smallest absolute Gasteiger partial charge is 0.232 e. The Morgan fingerprint density at radius 3 is 2.36 bits per heavy atom. The molecule has 25 heavy (non-hydrogen) atoms. The quantitative estimate of drug-likeness (QED) is 0.708. The van der Waals surface area contributed by atoms with E-state index in [0.29, 0.717) is 6.42 Å². The molecule has 0 saturated carbocycles. The molecule has 0 aromatic heterocycles. The molecular formula is C15H21FN2O5S2. The normalized spacial score (nSPS) is 19.6. The summed E-state index contributed by atoms with van der Waals surface area (Å²) in [7, 11) is -5.23. The van der Waals surface area contributed by atoms with Gasteiger partial charge >= 0.3 is 0 Å². The van der Waals surface area contributed by atoms with Crippen molar-refractivity contribution in [2.75, 3.05) is 35.7 Å². The first kappa shape index (κ1) is 19.6. The summed E-state index contributed by atoms with van der Waals surface area (Å²) < 4.78 is 61.0. The van der Waals surface area contributed by atoms with Gasteiger partial charge in [-0.1, -0.05) is 0 Å². The Bertz CT molecular complexity index is 837. The van der Waals surface area contributed by atoms with Crippen LogP contribution in [0.2, 0.25) is 0 Å². The first-order valence-electron chi connectivity index (χ1n) is 7.69. The Morgan fingerprint density at radius 2 is 1.88 bits per heavy atom. The fraction of sp³-hybridized carbons (Fsp3) is 0.533. The van der Waals surface area contributed by atoms with Crippen LogP contribution in [0.25, 0.3) is 0 Å². The number of halogens is 1. The van der Waals surface area contributed by atoms with Gasteiger partial charge in [0.05, 0.1) is 23.4 Å². The molecule has 0 radical (unpaired) electrons. The molecule has 1 aliphatic rings. The minimum absolute atomic E-state index is 0.0559. The van der Waals surface area contributed by atoms with E-state index in [0.717, 1.165) is 22.7 Å². The van der Waals surface area contributed by atoms with E-state index in [4.69, 9.17) is 0 Å². The third-order valence-electron chi connectivity index (χ3n) is 4.19. The van der Waals surface area contributed by atoms with Crippen LogP contribution in [-0.2, 0) is 24.7 Å². The number of hydrogen-bond acceptors (Lipinski definition) is 5. The lowest BCUT2D eigenvalue weighted by Gasteiger charge is -2.26. The van der Waals surface area contributed by atoms with Gasteiger partial charge in [0.1, 0.15) is 5.82 Å². The monoisotopic (exact) mass is 392 g/mol. The van der Waals surface area contributed by atoms with Crippen LogP contribution in [0.1, 0.15) is 12.8 Å². The Labute approximate surface area is 147 Å². The number of carbonyl (C=O) groups is 1. The molecule has 1 aromatic rings. The standard InChI is InChI=1S/C15H21FN2O5S2/c1-17(14-8-10-25(22,23)11-14)15(19)7-9-18(24(2,20)21)13-5-3-12(16)4-6-13/h3-6,14H,7-11H2,1-2H3. The van der Waals surface area contributed by atoms with Gasteiger partial charge in [-0.2, -0.15) is 0 Å². The minimum Gasteiger partial charge on any atom is -0.342 e. The lowest BCUT2D eigenvalue weighted by molar-refractivity contribution is -0.131. The summed E-state index contributed by atoms with van der Waals surface area (Å²) in [6, 6.07) is 4.56. The number of sulfonamides is 1. The Morgan fingerprint density at radius 1 is 1.28 bits per heavy atom. The van der Waals surface area contributed by atoms with Crippen molar-refractivity contribution in [3.05, 3.63) is 30.1 Å². The Hall–Kier alpha value is -1.68. The predicted molar refractivity (Wildman–Crippen MR) is 93.0 cm³/mol. The van der Waals surface area contributed by atoms with Crippen molar-refractivity contribution in [3.63, 3.8) is 0 Å². The van der Waals surface area contributed by atoms with Crippen LogP contribution < -0.4 is 4.31 Å². The van der Waals surface area contributed by atoms with Crippen LogP contribution in [-0.4, -0.2) is 65.0 Å². The molecule has 1 unspecified atom stereocenters. The Balaban J connectivity index is 2.05. The molecule has 1 heterocycles. The fourth-order valence-corrected chi connectivity index (χ4v) is 5.45. The minimum atomic E-state index is -3.65. The maximum absolute atomic E-state index is 13.0. The number of nitrogens with zero attached hydrogens (tertiary/aromatic N) is 2. The molecule has 2 rings (SSSR count). The predicted octanol–water partition coefficient (Wildman–Crippen LogP) is 0.627. The van der Waals surface area contributed by atoms with E-state index < -0.39 is 25.7 Å². The van der Waals surface area contributed by atoms with Crippen LogP contribution in [0.4, 0.5) is 10.1 Å². The van der Waals surface area contributed by atoms with E-state index >= 15 is 0 Å². The van der Waals surface area contributed by atoms with Crippen molar-refractivity contribution in [2.24, 2.45) is 0 Å². The zero-order valence-corrected chi connectivity index (χ0v) is 15.7. The van der Waals surface area contributed by atoms with Gasteiger partial charge < -0.3 is 4.90 Å². The third-order valence-corrected chi connectivity index (χ3v) is 7.14. The van der Waals surface area contributed by atoms with Crippen molar-refractivity contribution < 1.29 is 26.0 Å². The van der Waals surface area contributed by atoms with Crippen LogP contribution in [0.15, 0.2) is 24.3 Å². The highest BCUT2D eigenvalue weighted by Crippen LogP contribution is 2.20. The van der Waals surface area contributed by atoms with Gasteiger partial charge in [0.15, 0.2) is 9.84 Å². The molecular weight excluding hydrogens is 371 g/mol. The number of amides is 1. The first-order chi connectivity index (χ1) is 11.5. The van der Waals surface area contributed by atoms with Crippen molar-refractivity contribution >= 4 is 31.5 Å². The van der Waals surface area contributed by atoms with E-state index in [9.17, 15) is 26.0 Å². The van der Waals surface area contributed by atoms with E-state index in [-0.39, 0.29) is 42.1 Å². The molecule has 1 atom stereocenters. The summed E-state index contributed by atoms with van der Waals surface area (Å²) in [6.07, 6.45) is 1.30. The zero-order chi connectivity index (χ0) is 18.8. The highest BCUT2D eigenvalue weighted by molar-refractivity contribution is 7.92. The van der Waals surface area contributed by atoms with E-state index in [1.807, 2.05) is 0 Å². The van der Waals surface area contributed by atoms with Gasteiger partial charge in [0, 0.05) is 26.1 Å². The van der Waals surface area contributed by atoms with Crippen LogP contribution in [0.5, 0.6) is 0 Å². The second kappa shape index (κ2) is 7.28. The molecule has 1 aromatic carbocycles. The van der Waals surface area contributed by atoms with Gasteiger partial charge in [-0.25, -0.2) is 21.2 Å². The van der Waals surface area contributed by atoms with E-state index in [1.165, 1.54) is 24.1 Å². The van der Waals surface area contributed by atoms with Crippen molar-refractivity contribution in [2.45, 2.75) is 18.9 Å². The van der Waals surface area contributed by atoms with Gasteiger partial charge in [-0.05, 0) is 30.7 Å². The molecule has 1 saturated heterocycles. The molecule has 0 N–H and O–H groups in total. The summed E-state index contributed by atoms with van der Waals surface area (Å²) in [4.78, 5) is 13.7. The number of benzene rings is 1. The zero-order valence-electron chi connectivity index (χ0n) is 14.1. The molecule has 1 fully saturated rings. The van der Waals surface area contributed by atoms with Crippen LogP contribution in [0.3, 0.4) is 0 Å². The summed E-state index contributed by atoms with van der Waals surface area (Å²) >= 11 is 0. The number of anilines is 1. The van der Waals surface area contributed by atoms with Crippen LogP contribution in [0, 0.1) is 5.82 Å². The lowest BCUT2D eigenvalue weighted by Crippen LogP contribution is -2.40. The molecule has 0 aliphatic carbocycles. The van der Waals surface area contributed by atoms with Gasteiger partial charge in [-0.15, -0.1) is 0 Å².